The molecule has 5 heteroatoms. The molecule has 0 aromatic heterocycles. The number of hydrogen-bond donors (Lipinski definition) is 1. The molecule has 100 valence electrons. The highest BCUT2D eigenvalue weighted by Crippen LogP contribution is 2.18. The van der Waals surface area contributed by atoms with Crippen molar-refractivity contribution in [3.05, 3.63) is 65.5 Å². The molecule has 2 rings (SSSR count). The normalized spacial score (nSPS) is 12.2. The highest BCUT2D eigenvalue weighted by atomic mass is 19.1. The molecule has 2 aromatic rings. The molecular formula is C14H12F3NO. The van der Waals surface area contributed by atoms with Crippen LogP contribution in [0.15, 0.2) is 42.5 Å². The summed E-state index contributed by atoms with van der Waals surface area (Å²) >= 11 is 0. The van der Waals surface area contributed by atoms with Gasteiger partial charge in [0.25, 0.3) is 0 Å². The smallest absolute Gasteiger partial charge is 0.129 e. The van der Waals surface area contributed by atoms with Crippen molar-refractivity contribution in [2.24, 2.45) is 5.73 Å². The summed E-state index contributed by atoms with van der Waals surface area (Å²) in [6, 6.07) is 8.04. The highest BCUT2D eigenvalue weighted by molar-refractivity contribution is 5.24. The van der Waals surface area contributed by atoms with Crippen molar-refractivity contribution in [1.82, 2.24) is 0 Å². The third-order valence-electron chi connectivity index (χ3n) is 2.56. The van der Waals surface area contributed by atoms with E-state index in [1.54, 1.807) is 0 Å². The van der Waals surface area contributed by atoms with Crippen LogP contribution in [0, 0.1) is 17.5 Å². The lowest BCUT2D eigenvalue weighted by atomic mass is 10.1. The molecule has 0 heterocycles. The molecule has 0 amide bonds. The van der Waals surface area contributed by atoms with Gasteiger partial charge in [0, 0.05) is 18.2 Å². The van der Waals surface area contributed by atoms with Crippen molar-refractivity contribution < 1.29 is 17.9 Å². The van der Waals surface area contributed by atoms with E-state index in [9.17, 15) is 13.2 Å². The summed E-state index contributed by atoms with van der Waals surface area (Å²) in [4.78, 5) is 0. The van der Waals surface area contributed by atoms with Gasteiger partial charge >= 0.3 is 0 Å². The van der Waals surface area contributed by atoms with Crippen LogP contribution >= 0.6 is 0 Å². The molecule has 0 aliphatic heterocycles. The number of nitrogens with two attached hydrogens (primary N) is 1. The first-order valence-electron chi connectivity index (χ1n) is 5.64. The zero-order chi connectivity index (χ0) is 13.8. The summed E-state index contributed by atoms with van der Waals surface area (Å²) in [7, 11) is 0. The fraction of sp³-hybridized carbons (Fsp3) is 0.143. The van der Waals surface area contributed by atoms with E-state index in [0.29, 0.717) is 5.56 Å². The molecule has 19 heavy (non-hydrogen) atoms. The van der Waals surface area contributed by atoms with Crippen LogP contribution in [0.5, 0.6) is 5.75 Å². The lowest BCUT2D eigenvalue weighted by Gasteiger charge is -2.13. The highest BCUT2D eigenvalue weighted by Gasteiger charge is 2.08. The van der Waals surface area contributed by atoms with Crippen LogP contribution in [0.25, 0.3) is 0 Å². The standard InChI is InChI=1S/C14H12F3NO/c15-10-3-1-9(2-4-10)14(18)8-19-13-6-11(16)5-12(17)7-13/h1-7,14H,8,18H2. The molecule has 1 atom stereocenters. The number of rotatable bonds is 4. The molecule has 0 saturated carbocycles. The molecule has 2 aromatic carbocycles. The van der Waals surface area contributed by atoms with E-state index in [-0.39, 0.29) is 18.2 Å². The number of benzene rings is 2. The predicted molar refractivity (Wildman–Crippen MR) is 65.2 cm³/mol. The second-order valence-electron chi connectivity index (χ2n) is 4.07. The summed E-state index contributed by atoms with van der Waals surface area (Å²) in [5.41, 5.74) is 6.51. The minimum atomic E-state index is -0.717. The van der Waals surface area contributed by atoms with E-state index < -0.39 is 17.7 Å². The van der Waals surface area contributed by atoms with E-state index in [2.05, 4.69) is 0 Å². The fourth-order valence-corrected chi connectivity index (χ4v) is 1.60. The molecule has 0 aliphatic carbocycles. The van der Waals surface area contributed by atoms with Crippen LogP contribution in [-0.4, -0.2) is 6.61 Å². The Kier molecular flexibility index (Phi) is 4.06. The first-order chi connectivity index (χ1) is 9.04. The average molecular weight is 267 g/mol. The van der Waals surface area contributed by atoms with Crippen molar-refractivity contribution in [1.29, 1.82) is 0 Å². The van der Waals surface area contributed by atoms with Gasteiger partial charge in [-0.1, -0.05) is 12.1 Å². The maximum Gasteiger partial charge on any atom is 0.129 e. The molecule has 2 nitrogen and oxygen atoms in total. The molecule has 1 unspecified atom stereocenters. The first-order valence-corrected chi connectivity index (χ1v) is 5.64. The number of halogens is 3. The second-order valence-corrected chi connectivity index (χ2v) is 4.07. The number of ether oxygens (including phenoxy) is 1. The lowest BCUT2D eigenvalue weighted by molar-refractivity contribution is 0.287. The van der Waals surface area contributed by atoms with Crippen molar-refractivity contribution >= 4 is 0 Å². The van der Waals surface area contributed by atoms with Crippen LogP contribution in [0.1, 0.15) is 11.6 Å². The largest absolute Gasteiger partial charge is 0.491 e. The lowest BCUT2D eigenvalue weighted by Crippen LogP contribution is -2.19. The molecule has 0 radical (unpaired) electrons. The van der Waals surface area contributed by atoms with Crippen LogP contribution < -0.4 is 10.5 Å². The van der Waals surface area contributed by atoms with Gasteiger partial charge in [0.05, 0.1) is 6.04 Å². The fourth-order valence-electron chi connectivity index (χ4n) is 1.60. The van der Waals surface area contributed by atoms with Gasteiger partial charge in [-0.05, 0) is 17.7 Å². The quantitative estimate of drug-likeness (QED) is 0.923. The van der Waals surface area contributed by atoms with Crippen molar-refractivity contribution in [2.45, 2.75) is 6.04 Å². The molecule has 0 bridgehead atoms. The summed E-state index contributed by atoms with van der Waals surface area (Å²) in [6.07, 6.45) is 0. The third-order valence-corrected chi connectivity index (χ3v) is 2.56. The summed E-state index contributed by atoms with van der Waals surface area (Å²) < 4.78 is 43.8. The van der Waals surface area contributed by atoms with Crippen molar-refractivity contribution in [2.75, 3.05) is 6.61 Å². The molecule has 0 aliphatic rings. The molecule has 0 saturated heterocycles. The van der Waals surface area contributed by atoms with E-state index in [1.165, 1.54) is 24.3 Å². The molecule has 2 N–H and O–H groups in total. The van der Waals surface area contributed by atoms with Crippen LogP contribution in [-0.2, 0) is 0 Å². The van der Waals surface area contributed by atoms with Gasteiger partial charge in [0.2, 0.25) is 0 Å². The molecular weight excluding hydrogens is 255 g/mol. The van der Waals surface area contributed by atoms with E-state index in [4.69, 9.17) is 10.5 Å². The van der Waals surface area contributed by atoms with Crippen LogP contribution in [0.2, 0.25) is 0 Å². The van der Waals surface area contributed by atoms with E-state index >= 15 is 0 Å². The van der Waals surface area contributed by atoms with Crippen molar-refractivity contribution in [3.63, 3.8) is 0 Å². The molecule has 0 fully saturated rings. The Morgan fingerprint density at radius 1 is 0.895 bits per heavy atom. The monoisotopic (exact) mass is 267 g/mol. The zero-order valence-electron chi connectivity index (χ0n) is 9.95. The topological polar surface area (TPSA) is 35.2 Å². The Bertz CT molecular complexity index is 537. The van der Waals surface area contributed by atoms with Gasteiger partial charge in [-0.25, -0.2) is 13.2 Å². The summed E-state index contributed by atoms with van der Waals surface area (Å²) in [6.45, 7) is 0.0362. The minimum absolute atomic E-state index is 0.0362. The Balaban J connectivity index is 1.99. The van der Waals surface area contributed by atoms with Crippen LogP contribution in [0.3, 0.4) is 0 Å². The van der Waals surface area contributed by atoms with Gasteiger partial charge in [0.15, 0.2) is 0 Å². The Labute approximate surface area is 108 Å². The van der Waals surface area contributed by atoms with Gasteiger partial charge in [-0.2, -0.15) is 0 Å². The van der Waals surface area contributed by atoms with Gasteiger partial charge in [-0.15, -0.1) is 0 Å². The first kappa shape index (κ1) is 13.4. The number of hydrogen-bond acceptors (Lipinski definition) is 2. The Hall–Kier alpha value is -2.01. The molecule has 0 spiro atoms. The van der Waals surface area contributed by atoms with Gasteiger partial charge in [0.1, 0.15) is 29.8 Å². The van der Waals surface area contributed by atoms with E-state index in [1.807, 2.05) is 0 Å². The Morgan fingerprint density at radius 2 is 1.47 bits per heavy atom. The van der Waals surface area contributed by atoms with Gasteiger partial charge < -0.3 is 10.5 Å². The third kappa shape index (κ3) is 3.72. The van der Waals surface area contributed by atoms with Crippen molar-refractivity contribution in [3.8, 4) is 5.75 Å². The SMILES string of the molecule is NC(COc1cc(F)cc(F)c1)c1ccc(F)cc1. The maximum absolute atomic E-state index is 12.9. The second kappa shape index (κ2) is 5.75. The average Bonchev–Trinajstić information content (AvgIpc) is 2.36. The van der Waals surface area contributed by atoms with E-state index in [0.717, 1.165) is 18.2 Å². The maximum atomic E-state index is 12.9. The zero-order valence-corrected chi connectivity index (χ0v) is 9.95. The van der Waals surface area contributed by atoms with Gasteiger partial charge in [-0.3, -0.25) is 0 Å². The van der Waals surface area contributed by atoms with Crippen LogP contribution in [0.4, 0.5) is 13.2 Å². The predicted octanol–water partition coefficient (Wildman–Crippen LogP) is 3.18. The Morgan fingerprint density at radius 3 is 2.05 bits per heavy atom. The summed E-state index contributed by atoms with van der Waals surface area (Å²) in [5, 5.41) is 0. The summed E-state index contributed by atoms with van der Waals surface area (Å²) in [5.74, 6) is -1.73. The minimum Gasteiger partial charge on any atom is -0.491 e.